The minimum Gasteiger partial charge on any atom is -0.338 e. The van der Waals surface area contributed by atoms with Crippen LogP contribution < -0.4 is 11.0 Å². The van der Waals surface area contributed by atoms with Crippen LogP contribution in [0.1, 0.15) is 43.5 Å². The Morgan fingerprint density at radius 2 is 2.08 bits per heavy atom. The molecule has 7 nitrogen and oxygen atoms in total. The lowest BCUT2D eigenvalue weighted by molar-refractivity contribution is 0.177. The predicted molar refractivity (Wildman–Crippen MR) is 100 cm³/mol. The van der Waals surface area contributed by atoms with Crippen LogP contribution in [0.25, 0.3) is 0 Å². The van der Waals surface area contributed by atoms with Gasteiger partial charge in [-0.2, -0.15) is 5.10 Å². The lowest BCUT2D eigenvalue weighted by Crippen LogP contribution is -2.45. The van der Waals surface area contributed by atoms with E-state index >= 15 is 0 Å². The molecule has 0 spiro atoms. The smallest absolute Gasteiger partial charge is 0.338 e. The zero-order valence-electron chi connectivity index (χ0n) is 15.5. The third kappa shape index (κ3) is 3.98. The number of carbonyl (C=O) groups excluding carboxylic acids is 1. The van der Waals surface area contributed by atoms with Crippen LogP contribution in [0.5, 0.6) is 0 Å². The number of rotatable bonds is 5. The number of aryl methyl sites for hydroxylation is 1. The standard InChI is InChI=1S/C19H27N5O2/c1-3-11-20-18(25)23-12-7-10-16(14-23)17-21-22(2)19(26)24(17)13-15-8-5-4-6-9-15/h4-6,8-9,16H,3,7,10-14H2,1-2H3,(H,20,25). The Hall–Kier alpha value is -2.57. The van der Waals surface area contributed by atoms with Gasteiger partial charge in [-0.3, -0.25) is 4.57 Å². The monoisotopic (exact) mass is 357 g/mol. The number of urea groups is 1. The van der Waals surface area contributed by atoms with E-state index < -0.39 is 0 Å². The summed E-state index contributed by atoms with van der Waals surface area (Å²) < 4.78 is 3.14. The number of carbonyl (C=O) groups is 1. The summed E-state index contributed by atoms with van der Waals surface area (Å²) in [6.07, 6.45) is 2.77. The number of nitrogens with zero attached hydrogens (tertiary/aromatic N) is 4. The van der Waals surface area contributed by atoms with Crippen molar-refractivity contribution in [1.29, 1.82) is 0 Å². The molecule has 1 unspecified atom stereocenters. The maximum atomic E-state index is 12.6. The molecule has 1 saturated heterocycles. The predicted octanol–water partition coefficient (Wildman–Crippen LogP) is 1.93. The highest BCUT2D eigenvalue weighted by molar-refractivity contribution is 5.74. The summed E-state index contributed by atoms with van der Waals surface area (Å²) in [6.45, 7) is 4.57. The molecule has 1 N–H and O–H groups in total. The largest absolute Gasteiger partial charge is 0.345 e. The van der Waals surface area contributed by atoms with Gasteiger partial charge in [0.05, 0.1) is 6.54 Å². The molecule has 1 aromatic heterocycles. The zero-order chi connectivity index (χ0) is 18.5. The van der Waals surface area contributed by atoms with E-state index in [1.807, 2.05) is 42.2 Å². The number of hydrogen-bond donors (Lipinski definition) is 1. The fraction of sp³-hybridized carbons (Fsp3) is 0.526. The van der Waals surface area contributed by atoms with Crippen LogP contribution in [-0.2, 0) is 13.6 Å². The molecule has 26 heavy (non-hydrogen) atoms. The highest BCUT2D eigenvalue weighted by Gasteiger charge is 2.29. The van der Waals surface area contributed by atoms with Crippen LogP contribution in [0, 0.1) is 0 Å². The average Bonchev–Trinajstić information content (AvgIpc) is 2.95. The Balaban J connectivity index is 1.81. The van der Waals surface area contributed by atoms with Crippen molar-refractivity contribution >= 4 is 6.03 Å². The molecule has 0 aliphatic carbocycles. The minimum atomic E-state index is -0.114. The Morgan fingerprint density at radius 3 is 2.81 bits per heavy atom. The lowest BCUT2D eigenvalue weighted by atomic mass is 9.97. The summed E-state index contributed by atoms with van der Waals surface area (Å²) in [5.74, 6) is 0.850. The van der Waals surface area contributed by atoms with Gasteiger partial charge in [0.15, 0.2) is 0 Å². The molecule has 1 aromatic carbocycles. The first-order chi connectivity index (χ1) is 12.6. The van der Waals surface area contributed by atoms with E-state index in [2.05, 4.69) is 10.4 Å². The molecule has 7 heteroatoms. The van der Waals surface area contributed by atoms with Gasteiger partial charge < -0.3 is 10.2 Å². The molecule has 0 bridgehead atoms. The molecule has 140 valence electrons. The summed E-state index contributed by atoms with van der Waals surface area (Å²) in [5.41, 5.74) is 0.952. The second-order valence-corrected chi connectivity index (χ2v) is 6.85. The van der Waals surface area contributed by atoms with E-state index in [1.54, 1.807) is 11.6 Å². The lowest BCUT2D eigenvalue weighted by Gasteiger charge is -2.32. The summed E-state index contributed by atoms with van der Waals surface area (Å²) in [6, 6.07) is 9.89. The van der Waals surface area contributed by atoms with Crippen LogP contribution >= 0.6 is 0 Å². The van der Waals surface area contributed by atoms with Gasteiger partial charge in [0.2, 0.25) is 0 Å². The molecule has 2 heterocycles. The van der Waals surface area contributed by atoms with Crippen molar-refractivity contribution in [1.82, 2.24) is 24.6 Å². The van der Waals surface area contributed by atoms with E-state index in [-0.39, 0.29) is 17.6 Å². The Morgan fingerprint density at radius 1 is 1.31 bits per heavy atom. The number of amides is 2. The van der Waals surface area contributed by atoms with E-state index in [0.717, 1.165) is 37.2 Å². The summed E-state index contributed by atoms with van der Waals surface area (Å²) >= 11 is 0. The molecule has 2 aromatic rings. The third-order valence-electron chi connectivity index (χ3n) is 4.82. The normalized spacial score (nSPS) is 17.3. The Kier molecular flexibility index (Phi) is 5.75. The first-order valence-corrected chi connectivity index (χ1v) is 9.30. The molecular formula is C19H27N5O2. The van der Waals surface area contributed by atoms with Crippen molar-refractivity contribution in [3.05, 3.63) is 52.2 Å². The van der Waals surface area contributed by atoms with Gasteiger partial charge in [-0.1, -0.05) is 37.3 Å². The highest BCUT2D eigenvalue weighted by Crippen LogP contribution is 2.25. The van der Waals surface area contributed by atoms with Crippen LogP contribution in [0.2, 0.25) is 0 Å². The number of likely N-dealkylation sites (tertiary alicyclic amines) is 1. The maximum absolute atomic E-state index is 12.6. The van der Waals surface area contributed by atoms with E-state index in [1.165, 1.54) is 4.68 Å². The molecule has 1 aliphatic heterocycles. The van der Waals surface area contributed by atoms with Gasteiger partial charge in [0, 0.05) is 32.6 Å². The molecule has 1 fully saturated rings. The molecule has 2 amide bonds. The van der Waals surface area contributed by atoms with Gasteiger partial charge in [-0.05, 0) is 24.8 Å². The van der Waals surface area contributed by atoms with Gasteiger partial charge in [-0.15, -0.1) is 0 Å². The molecule has 1 atom stereocenters. The molecule has 0 saturated carbocycles. The van der Waals surface area contributed by atoms with E-state index in [9.17, 15) is 9.59 Å². The van der Waals surface area contributed by atoms with Crippen LogP contribution in [-0.4, -0.2) is 44.9 Å². The summed E-state index contributed by atoms with van der Waals surface area (Å²) in [4.78, 5) is 26.7. The van der Waals surface area contributed by atoms with E-state index in [0.29, 0.717) is 19.6 Å². The van der Waals surface area contributed by atoms with Crippen LogP contribution in [0.15, 0.2) is 35.1 Å². The molecule has 3 rings (SSSR count). The number of piperidine rings is 1. The molecule has 1 aliphatic rings. The first kappa shape index (κ1) is 18.2. The van der Waals surface area contributed by atoms with Gasteiger partial charge in [-0.25, -0.2) is 14.3 Å². The van der Waals surface area contributed by atoms with Crippen molar-refractivity contribution in [3.63, 3.8) is 0 Å². The third-order valence-corrected chi connectivity index (χ3v) is 4.82. The van der Waals surface area contributed by atoms with Crippen molar-refractivity contribution in [2.24, 2.45) is 7.05 Å². The number of aromatic nitrogens is 3. The zero-order valence-corrected chi connectivity index (χ0v) is 15.5. The Bertz CT molecular complexity index is 796. The summed E-state index contributed by atoms with van der Waals surface area (Å²) in [5, 5.41) is 7.43. The highest BCUT2D eigenvalue weighted by atomic mass is 16.2. The second-order valence-electron chi connectivity index (χ2n) is 6.85. The number of benzene rings is 1. The molecule has 0 radical (unpaired) electrons. The van der Waals surface area contributed by atoms with E-state index in [4.69, 9.17) is 0 Å². The average molecular weight is 357 g/mol. The van der Waals surface area contributed by atoms with Crippen LogP contribution in [0.4, 0.5) is 4.79 Å². The SMILES string of the molecule is CCCNC(=O)N1CCCC(c2nn(C)c(=O)n2Cc2ccccc2)C1. The topological polar surface area (TPSA) is 72.2 Å². The van der Waals surface area contributed by atoms with Crippen molar-refractivity contribution < 1.29 is 4.79 Å². The fourth-order valence-electron chi connectivity index (χ4n) is 3.46. The first-order valence-electron chi connectivity index (χ1n) is 9.30. The minimum absolute atomic E-state index is 0.0237. The second kappa shape index (κ2) is 8.21. The van der Waals surface area contributed by atoms with Gasteiger partial charge in [0.25, 0.3) is 0 Å². The van der Waals surface area contributed by atoms with Gasteiger partial charge in [0.1, 0.15) is 5.82 Å². The molecular weight excluding hydrogens is 330 g/mol. The van der Waals surface area contributed by atoms with Crippen molar-refractivity contribution in [2.45, 2.75) is 38.6 Å². The fourth-order valence-corrected chi connectivity index (χ4v) is 3.46. The van der Waals surface area contributed by atoms with Gasteiger partial charge >= 0.3 is 11.7 Å². The van der Waals surface area contributed by atoms with Crippen molar-refractivity contribution in [2.75, 3.05) is 19.6 Å². The Labute approximate surface area is 153 Å². The summed E-state index contributed by atoms with van der Waals surface area (Å²) in [7, 11) is 1.68. The quantitative estimate of drug-likeness (QED) is 0.889. The van der Waals surface area contributed by atoms with Crippen molar-refractivity contribution in [3.8, 4) is 0 Å². The van der Waals surface area contributed by atoms with Crippen LogP contribution in [0.3, 0.4) is 0 Å². The number of hydrogen-bond acceptors (Lipinski definition) is 3. The number of nitrogens with one attached hydrogen (secondary N) is 1. The maximum Gasteiger partial charge on any atom is 0.345 e.